The lowest BCUT2D eigenvalue weighted by Crippen LogP contribution is -2.33. The van der Waals surface area contributed by atoms with E-state index in [1.165, 1.54) is 0 Å². The van der Waals surface area contributed by atoms with E-state index >= 15 is 0 Å². The van der Waals surface area contributed by atoms with Gasteiger partial charge in [0.05, 0.1) is 12.2 Å². The average Bonchev–Trinajstić information content (AvgIpc) is 1.59. The molecule has 0 unspecified atom stereocenters. The van der Waals surface area contributed by atoms with Crippen molar-refractivity contribution >= 4 is 0 Å². The first kappa shape index (κ1) is 6.99. The van der Waals surface area contributed by atoms with Crippen LogP contribution in [0.15, 0.2) is 0 Å². The average molecular weight is 132 g/mol. The zero-order valence-corrected chi connectivity index (χ0v) is 5.45. The second-order valence-corrected chi connectivity index (χ2v) is 2.53. The van der Waals surface area contributed by atoms with Crippen LogP contribution in [0.5, 0.6) is 0 Å². The fraction of sp³-hybridized carbons (Fsp3) is 1.00. The third-order valence-corrected chi connectivity index (χ3v) is 1.47. The molecular weight excluding hydrogens is 120 g/mol. The minimum Gasteiger partial charge on any atom is -0.393 e. The fourth-order valence-corrected chi connectivity index (χ4v) is 1.09. The first-order valence-corrected chi connectivity index (χ1v) is 3.20. The number of aliphatic hydroxyl groups is 2. The smallest absolute Gasteiger partial charge is 0.157 e. The van der Waals surface area contributed by atoms with E-state index in [9.17, 15) is 0 Å². The quantitative estimate of drug-likeness (QED) is 0.482. The van der Waals surface area contributed by atoms with Gasteiger partial charge in [-0.3, -0.25) is 0 Å². The predicted octanol–water partition coefficient (Wildman–Crippen LogP) is -0.135. The monoisotopic (exact) mass is 132 g/mol. The molecule has 0 aromatic heterocycles. The molecule has 3 heteroatoms. The molecule has 1 heterocycles. The molecule has 0 bridgehead atoms. The van der Waals surface area contributed by atoms with E-state index in [0.717, 1.165) is 0 Å². The highest BCUT2D eigenvalue weighted by atomic mass is 16.6. The molecule has 54 valence electrons. The van der Waals surface area contributed by atoms with E-state index in [0.29, 0.717) is 12.8 Å². The summed E-state index contributed by atoms with van der Waals surface area (Å²) >= 11 is 0. The molecule has 1 saturated heterocycles. The summed E-state index contributed by atoms with van der Waals surface area (Å²) in [6.45, 7) is 1.84. The predicted molar refractivity (Wildman–Crippen MR) is 31.8 cm³/mol. The van der Waals surface area contributed by atoms with Gasteiger partial charge in [-0.25, -0.2) is 0 Å². The molecular formula is C6H12O3. The lowest BCUT2D eigenvalue weighted by atomic mass is 10.1. The Balaban J connectivity index is 2.34. The molecule has 1 aliphatic heterocycles. The minimum atomic E-state index is -0.760. The zero-order valence-electron chi connectivity index (χ0n) is 5.45. The number of hydrogen-bond donors (Lipinski definition) is 2. The summed E-state index contributed by atoms with van der Waals surface area (Å²) in [6.07, 6.45) is -0.169. The van der Waals surface area contributed by atoms with Crippen molar-refractivity contribution in [2.75, 3.05) is 0 Å². The van der Waals surface area contributed by atoms with Crippen molar-refractivity contribution in [2.45, 2.75) is 38.3 Å². The van der Waals surface area contributed by atoms with Crippen molar-refractivity contribution in [3.8, 4) is 0 Å². The number of rotatable bonds is 0. The number of aliphatic hydroxyl groups excluding tert-OH is 2. The maximum absolute atomic E-state index is 9.01. The maximum atomic E-state index is 9.01. The summed E-state index contributed by atoms with van der Waals surface area (Å²) in [6, 6.07) is 0. The molecule has 0 radical (unpaired) electrons. The van der Waals surface area contributed by atoms with Crippen LogP contribution in [0.3, 0.4) is 0 Å². The first-order valence-electron chi connectivity index (χ1n) is 3.20. The molecule has 0 amide bonds. The van der Waals surface area contributed by atoms with Crippen LogP contribution in [0.2, 0.25) is 0 Å². The van der Waals surface area contributed by atoms with Crippen molar-refractivity contribution in [1.82, 2.24) is 0 Å². The standard InChI is InChI=1S/C6H12O3/c1-4-2-5(7)3-6(8)9-4/h4-8H,2-3H2,1H3/t4-,5+,6-/m0/s1. The topological polar surface area (TPSA) is 49.7 Å². The summed E-state index contributed by atoms with van der Waals surface area (Å²) in [5.41, 5.74) is 0. The Hall–Kier alpha value is -0.120. The van der Waals surface area contributed by atoms with Gasteiger partial charge in [0.1, 0.15) is 0 Å². The third kappa shape index (κ3) is 1.93. The summed E-state index contributed by atoms with van der Waals surface area (Å²) < 4.78 is 4.95. The van der Waals surface area contributed by atoms with Crippen LogP contribution in [0, 0.1) is 0 Å². The van der Waals surface area contributed by atoms with E-state index in [4.69, 9.17) is 14.9 Å². The molecule has 1 rings (SSSR count). The molecule has 1 fully saturated rings. The van der Waals surface area contributed by atoms with Crippen LogP contribution in [-0.4, -0.2) is 28.7 Å². The molecule has 0 aromatic rings. The second kappa shape index (κ2) is 2.64. The highest BCUT2D eigenvalue weighted by Crippen LogP contribution is 2.16. The van der Waals surface area contributed by atoms with Crippen molar-refractivity contribution in [2.24, 2.45) is 0 Å². The molecule has 9 heavy (non-hydrogen) atoms. The van der Waals surface area contributed by atoms with E-state index in [2.05, 4.69) is 0 Å². The number of hydrogen-bond acceptors (Lipinski definition) is 3. The van der Waals surface area contributed by atoms with Gasteiger partial charge in [-0.1, -0.05) is 0 Å². The van der Waals surface area contributed by atoms with Crippen LogP contribution in [0.1, 0.15) is 19.8 Å². The van der Waals surface area contributed by atoms with Crippen molar-refractivity contribution in [1.29, 1.82) is 0 Å². The Labute approximate surface area is 54.3 Å². The van der Waals surface area contributed by atoms with E-state index < -0.39 is 6.29 Å². The fourth-order valence-electron chi connectivity index (χ4n) is 1.09. The van der Waals surface area contributed by atoms with Crippen LogP contribution < -0.4 is 0 Å². The molecule has 0 aromatic carbocycles. The van der Waals surface area contributed by atoms with Gasteiger partial charge in [-0.05, 0) is 13.3 Å². The van der Waals surface area contributed by atoms with Crippen LogP contribution in [-0.2, 0) is 4.74 Å². The van der Waals surface area contributed by atoms with E-state index in [-0.39, 0.29) is 12.2 Å². The SMILES string of the molecule is C[C@H]1C[C@@H](O)C[C@@H](O)O1. The molecule has 2 N–H and O–H groups in total. The van der Waals surface area contributed by atoms with Gasteiger partial charge in [0.15, 0.2) is 6.29 Å². The molecule has 1 aliphatic rings. The molecule has 3 atom stereocenters. The lowest BCUT2D eigenvalue weighted by Gasteiger charge is -2.27. The van der Waals surface area contributed by atoms with Gasteiger partial charge in [-0.2, -0.15) is 0 Å². The van der Waals surface area contributed by atoms with Gasteiger partial charge in [0.2, 0.25) is 0 Å². The summed E-state index contributed by atoms with van der Waals surface area (Å²) in [5, 5.41) is 17.9. The van der Waals surface area contributed by atoms with E-state index in [1.807, 2.05) is 6.92 Å². The highest BCUT2D eigenvalue weighted by Gasteiger charge is 2.23. The van der Waals surface area contributed by atoms with E-state index in [1.54, 1.807) is 0 Å². The van der Waals surface area contributed by atoms with Crippen LogP contribution in [0.25, 0.3) is 0 Å². The van der Waals surface area contributed by atoms with Crippen molar-refractivity contribution in [3.63, 3.8) is 0 Å². The summed E-state index contributed by atoms with van der Waals surface area (Å²) in [4.78, 5) is 0. The van der Waals surface area contributed by atoms with Crippen molar-refractivity contribution < 1.29 is 14.9 Å². The molecule has 0 saturated carbocycles. The molecule has 0 spiro atoms. The summed E-state index contributed by atoms with van der Waals surface area (Å²) in [5.74, 6) is 0. The Morgan fingerprint density at radius 1 is 1.33 bits per heavy atom. The largest absolute Gasteiger partial charge is 0.393 e. The normalized spacial score (nSPS) is 45.0. The Morgan fingerprint density at radius 2 is 2.00 bits per heavy atom. The summed E-state index contributed by atoms with van der Waals surface area (Å²) in [7, 11) is 0. The Bertz CT molecular complexity index is 69.3. The lowest BCUT2D eigenvalue weighted by molar-refractivity contribution is -0.183. The van der Waals surface area contributed by atoms with Crippen LogP contribution >= 0.6 is 0 Å². The van der Waals surface area contributed by atoms with Crippen LogP contribution in [0.4, 0.5) is 0 Å². The maximum Gasteiger partial charge on any atom is 0.157 e. The van der Waals surface area contributed by atoms with Gasteiger partial charge >= 0.3 is 0 Å². The molecule has 0 aliphatic carbocycles. The zero-order chi connectivity index (χ0) is 6.85. The van der Waals surface area contributed by atoms with Gasteiger partial charge < -0.3 is 14.9 Å². The Morgan fingerprint density at radius 3 is 2.44 bits per heavy atom. The van der Waals surface area contributed by atoms with Crippen molar-refractivity contribution in [3.05, 3.63) is 0 Å². The molecule has 3 nitrogen and oxygen atoms in total. The highest BCUT2D eigenvalue weighted by molar-refractivity contribution is 4.68. The van der Waals surface area contributed by atoms with Gasteiger partial charge in [0.25, 0.3) is 0 Å². The Kier molecular flexibility index (Phi) is 2.05. The first-order chi connectivity index (χ1) is 4.18. The van der Waals surface area contributed by atoms with Gasteiger partial charge in [0, 0.05) is 6.42 Å². The minimum absolute atomic E-state index is 0.0104. The number of ether oxygens (including phenoxy) is 1. The third-order valence-electron chi connectivity index (χ3n) is 1.47. The second-order valence-electron chi connectivity index (χ2n) is 2.53. The van der Waals surface area contributed by atoms with Gasteiger partial charge in [-0.15, -0.1) is 0 Å².